The van der Waals surface area contributed by atoms with Crippen LogP contribution in [-0.2, 0) is 31.3 Å². The van der Waals surface area contributed by atoms with E-state index in [1.165, 1.54) is 7.11 Å². The van der Waals surface area contributed by atoms with Gasteiger partial charge < -0.3 is 27.9 Å². The van der Waals surface area contributed by atoms with Crippen LogP contribution in [0.25, 0.3) is 43.6 Å². The second-order valence-corrected chi connectivity index (χ2v) is 19.2. The highest BCUT2D eigenvalue weighted by atomic mass is 28.3. The number of para-hydroxylation sites is 2. The fourth-order valence-corrected chi connectivity index (χ4v) is 10.1. The summed E-state index contributed by atoms with van der Waals surface area (Å²) < 4.78 is 25.2. The van der Waals surface area contributed by atoms with Crippen LogP contribution >= 0.6 is 0 Å². The first-order chi connectivity index (χ1) is 20.3. The molecule has 43 heavy (non-hydrogen) atoms. The molecule has 0 N–H and O–H groups in total. The molecule has 8 rings (SSSR count). The first-order valence-corrected chi connectivity index (χ1v) is 17.9. The SMILES string of the molecule is COC(=O)[C@]1(OC)C[C@@H]2O[C@@]1(C)n1c3ccccc3c3c4c(c5c6ccccc6n2c5c31)C(=O)N([Si](C)(C)C(C)(C)C)C4. The highest BCUT2D eigenvalue weighted by Crippen LogP contribution is 2.59. The number of aromatic nitrogens is 2. The van der Waals surface area contributed by atoms with E-state index >= 15 is 0 Å². The Morgan fingerprint density at radius 3 is 2.23 bits per heavy atom. The lowest BCUT2D eigenvalue weighted by atomic mass is 9.88. The lowest BCUT2D eigenvalue weighted by Crippen LogP contribution is -2.57. The molecule has 3 aliphatic rings. The number of esters is 1. The maximum absolute atomic E-state index is 14.8. The summed E-state index contributed by atoms with van der Waals surface area (Å²) in [6.07, 6.45) is -0.269. The monoisotopic (exact) mass is 595 g/mol. The molecule has 3 atom stereocenters. The van der Waals surface area contributed by atoms with Crippen LogP contribution in [0.3, 0.4) is 0 Å². The highest BCUT2D eigenvalue weighted by Gasteiger charge is 2.67. The van der Waals surface area contributed by atoms with Gasteiger partial charge in [-0.05, 0) is 29.7 Å². The Balaban J connectivity index is 1.63. The fraction of sp³-hybridized carbons (Fsp3) is 0.412. The van der Waals surface area contributed by atoms with Crippen LogP contribution < -0.4 is 0 Å². The van der Waals surface area contributed by atoms with Gasteiger partial charge in [-0.25, -0.2) is 4.79 Å². The number of hydrogen-bond donors (Lipinski definition) is 0. The van der Waals surface area contributed by atoms with Gasteiger partial charge in [-0.3, -0.25) is 4.79 Å². The van der Waals surface area contributed by atoms with E-state index in [4.69, 9.17) is 14.2 Å². The van der Waals surface area contributed by atoms with Crippen LogP contribution in [0.15, 0.2) is 48.5 Å². The third-order valence-corrected chi connectivity index (χ3v) is 16.7. The van der Waals surface area contributed by atoms with Crippen molar-refractivity contribution >= 4 is 63.7 Å². The molecule has 0 aliphatic carbocycles. The molecule has 0 radical (unpaired) electrons. The maximum atomic E-state index is 14.8. The number of benzene rings is 3. The predicted octanol–water partition coefficient (Wildman–Crippen LogP) is 7.03. The van der Waals surface area contributed by atoms with E-state index in [9.17, 15) is 9.59 Å². The topological polar surface area (TPSA) is 74.9 Å². The molecule has 9 heteroatoms. The van der Waals surface area contributed by atoms with Crippen molar-refractivity contribution in [3.63, 3.8) is 0 Å². The van der Waals surface area contributed by atoms with Crippen LogP contribution in [0.1, 0.15) is 56.3 Å². The number of carbonyl (C=O) groups excluding carboxylic acids is 2. The van der Waals surface area contributed by atoms with E-state index < -0.39 is 31.8 Å². The van der Waals surface area contributed by atoms with Crippen LogP contribution in [-0.4, -0.2) is 53.6 Å². The normalized spacial score (nSPS) is 25.1. The summed E-state index contributed by atoms with van der Waals surface area (Å²) in [5, 5.41) is 4.04. The van der Waals surface area contributed by atoms with Gasteiger partial charge in [-0.2, -0.15) is 0 Å². The molecule has 222 valence electrons. The maximum Gasteiger partial charge on any atom is 0.343 e. The van der Waals surface area contributed by atoms with Gasteiger partial charge in [0, 0.05) is 41.6 Å². The van der Waals surface area contributed by atoms with E-state index in [1.807, 2.05) is 31.2 Å². The van der Waals surface area contributed by atoms with Gasteiger partial charge in [0.2, 0.25) is 11.5 Å². The molecule has 5 aromatic rings. The number of methoxy groups -OCH3 is 2. The number of hydrogen-bond acceptors (Lipinski definition) is 5. The molecule has 2 bridgehead atoms. The van der Waals surface area contributed by atoms with Crippen molar-refractivity contribution in [2.45, 2.75) is 76.3 Å². The van der Waals surface area contributed by atoms with Gasteiger partial charge in [0.15, 0.2) is 14.0 Å². The fourth-order valence-electron chi connectivity index (χ4n) is 8.16. The van der Waals surface area contributed by atoms with Crippen LogP contribution in [0.5, 0.6) is 0 Å². The van der Waals surface area contributed by atoms with Gasteiger partial charge in [0.05, 0.1) is 34.7 Å². The zero-order valence-corrected chi connectivity index (χ0v) is 27.0. The number of amides is 1. The zero-order valence-electron chi connectivity index (χ0n) is 26.0. The minimum absolute atomic E-state index is 0.0185. The van der Waals surface area contributed by atoms with Crippen molar-refractivity contribution in [3.8, 4) is 0 Å². The average Bonchev–Trinajstić information content (AvgIpc) is 3.66. The van der Waals surface area contributed by atoms with Crippen molar-refractivity contribution in [1.29, 1.82) is 0 Å². The van der Waals surface area contributed by atoms with E-state index in [0.717, 1.165) is 54.7 Å². The summed E-state index contributed by atoms with van der Waals surface area (Å²) in [6, 6.07) is 16.5. The minimum atomic E-state index is -2.24. The van der Waals surface area contributed by atoms with E-state index in [-0.39, 0.29) is 17.4 Å². The summed E-state index contributed by atoms with van der Waals surface area (Å²) in [5.41, 5.74) is 3.05. The van der Waals surface area contributed by atoms with Gasteiger partial charge in [-0.1, -0.05) is 70.3 Å². The summed E-state index contributed by atoms with van der Waals surface area (Å²) in [7, 11) is 0.727. The molecule has 0 spiro atoms. The molecule has 0 unspecified atom stereocenters. The third-order valence-electron chi connectivity index (χ3n) is 11.3. The Hall–Kier alpha value is -3.66. The molecule has 5 heterocycles. The largest absolute Gasteiger partial charge is 0.467 e. The zero-order chi connectivity index (χ0) is 30.4. The van der Waals surface area contributed by atoms with Gasteiger partial charge in [0.25, 0.3) is 0 Å². The molecule has 1 saturated heterocycles. The van der Waals surface area contributed by atoms with Gasteiger partial charge in [-0.15, -0.1) is 0 Å². The van der Waals surface area contributed by atoms with Crippen molar-refractivity contribution < 1.29 is 23.8 Å². The summed E-state index contributed by atoms with van der Waals surface area (Å²) in [4.78, 5) is 28.5. The second-order valence-electron chi connectivity index (χ2n) is 14.0. The Labute approximate surface area is 251 Å². The van der Waals surface area contributed by atoms with Gasteiger partial charge in [0.1, 0.15) is 6.23 Å². The number of carbonyl (C=O) groups is 2. The summed E-state index contributed by atoms with van der Waals surface area (Å²) in [6.45, 7) is 13.9. The van der Waals surface area contributed by atoms with E-state index in [2.05, 4.69) is 71.8 Å². The Kier molecular flexibility index (Phi) is 5.06. The quantitative estimate of drug-likeness (QED) is 0.165. The van der Waals surface area contributed by atoms with Gasteiger partial charge >= 0.3 is 5.97 Å². The summed E-state index contributed by atoms with van der Waals surface area (Å²) >= 11 is 0. The standard InChI is InChI=1S/C34H37N3O5Si/c1-32(2,3)43(7,8)35-18-21-25-20-14-10-12-16-23(20)37-29(25)28-26(27(21)30(35)38)19-13-9-11-15-22(19)36(28)24-17-34(41-6,31(39)40-5)33(37,4)42-24/h9-16,24H,17-18H2,1-8H3/t24-,33+,34+/m0/s1. The second kappa shape index (κ2) is 8.08. The van der Waals surface area contributed by atoms with Crippen LogP contribution in [0.4, 0.5) is 0 Å². The lowest BCUT2D eigenvalue weighted by Gasteiger charge is -2.43. The van der Waals surface area contributed by atoms with Crippen molar-refractivity contribution in [1.82, 2.24) is 13.7 Å². The minimum Gasteiger partial charge on any atom is -0.467 e. The molecule has 1 amide bonds. The van der Waals surface area contributed by atoms with Crippen molar-refractivity contribution in [3.05, 3.63) is 59.7 Å². The molecule has 8 nitrogen and oxygen atoms in total. The average molecular weight is 596 g/mol. The lowest BCUT2D eigenvalue weighted by molar-refractivity contribution is -0.210. The first-order valence-electron chi connectivity index (χ1n) is 15.0. The Morgan fingerprint density at radius 1 is 0.977 bits per heavy atom. The first kappa shape index (κ1) is 26.9. The third kappa shape index (κ3) is 2.85. The van der Waals surface area contributed by atoms with Crippen LogP contribution in [0, 0.1) is 0 Å². The van der Waals surface area contributed by atoms with E-state index in [1.54, 1.807) is 7.11 Å². The molecule has 3 aromatic carbocycles. The molecule has 1 fully saturated rings. The number of ether oxygens (including phenoxy) is 3. The van der Waals surface area contributed by atoms with Crippen molar-refractivity contribution in [2.24, 2.45) is 0 Å². The molecular formula is C34H37N3O5Si. The number of rotatable bonds is 3. The number of nitrogens with zero attached hydrogens (tertiary/aromatic N) is 3. The predicted molar refractivity (Wildman–Crippen MR) is 170 cm³/mol. The molecule has 3 aliphatic heterocycles. The summed E-state index contributed by atoms with van der Waals surface area (Å²) in [5.74, 6) is -0.354. The number of fused-ring (bicyclic) bond motifs is 13. The molecule has 2 aromatic heterocycles. The van der Waals surface area contributed by atoms with Crippen LogP contribution in [0.2, 0.25) is 18.1 Å². The van der Waals surface area contributed by atoms with Crippen molar-refractivity contribution in [2.75, 3.05) is 14.2 Å². The van der Waals surface area contributed by atoms with E-state index in [0.29, 0.717) is 6.54 Å². The Morgan fingerprint density at radius 2 is 1.60 bits per heavy atom. The Bertz CT molecular complexity index is 2080. The molecule has 0 saturated carbocycles. The highest BCUT2D eigenvalue weighted by molar-refractivity contribution is 6.80. The molecular weight excluding hydrogens is 558 g/mol. The smallest absolute Gasteiger partial charge is 0.343 e.